The second-order valence-corrected chi connectivity index (χ2v) is 22.4. The zero-order valence-corrected chi connectivity index (χ0v) is 45.0. The average Bonchev–Trinajstić information content (AvgIpc) is 4.32. The van der Waals surface area contributed by atoms with Gasteiger partial charge in [-0.1, -0.05) is 84.4 Å². The highest BCUT2D eigenvalue weighted by atomic mass is 35.5. The molecule has 0 spiro atoms. The lowest BCUT2D eigenvalue weighted by molar-refractivity contribution is 0.261. The fraction of sp³-hybridized carbons (Fsp3) is 0.111. The number of benzene rings is 6. The number of nitrogens with one attached hydrogen (secondary N) is 7. The summed E-state index contributed by atoms with van der Waals surface area (Å²) in [7, 11) is -7.72. The predicted octanol–water partition coefficient (Wildman–Crippen LogP) is 7.81. The first-order valence-electron chi connectivity index (χ1n) is 24.9. The van der Waals surface area contributed by atoms with E-state index in [1.807, 2.05) is 72.8 Å². The van der Waals surface area contributed by atoms with Crippen LogP contribution < -0.4 is 52.4 Å². The monoisotopic (exact) mass is 1150 g/mol. The van der Waals surface area contributed by atoms with Gasteiger partial charge < -0.3 is 43.8 Å². The number of urea groups is 2. The smallest absolute Gasteiger partial charge is 0.323 e. The zero-order valence-electron chi connectivity index (χ0n) is 42.6. The van der Waals surface area contributed by atoms with Crippen molar-refractivity contribution in [2.24, 2.45) is 5.73 Å². The Morgan fingerprint density at radius 2 is 0.938 bits per heavy atom. The fourth-order valence-corrected chi connectivity index (χ4v) is 12.3. The Morgan fingerprint density at radius 1 is 0.519 bits per heavy atom. The van der Waals surface area contributed by atoms with Crippen molar-refractivity contribution in [2.75, 3.05) is 59.8 Å². The summed E-state index contributed by atoms with van der Waals surface area (Å²) < 4.78 is 57.0. The fourth-order valence-electron chi connectivity index (χ4n) is 8.97. The Labute approximate surface area is 468 Å². The molecule has 0 aliphatic carbocycles. The van der Waals surface area contributed by atoms with Crippen molar-refractivity contribution in [1.29, 1.82) is 0 Å². The third-order valence-corrected chi connectivity index (χ3v) is 16.5. The summed E-state index contributed by atoms with van der Waals surface area (Å²) >= 11 is 5.71. The second kappa shape index (κ2) is 23.6. The highest BCUT2D eigenvalue weighted by Crippen LogP contribution is 2.35. The lowest BCUT2D eigenvalue weighted by atomic mass is 9.99. The second-order valence-electron chi connectivity index (χ2n) is 18.3. The number of rotatable bonds is 10. The van der Waals surface area contributed by atoms with E-state index in [9.17, 15) is 26.4 Å². The third-order valence-electron chi connectivity index (χ3n) is 12.7. The van der Waals surface area contributed by atoms with E-state index in [4.69, 9.17) is 28.8 Å². The van der Waals surface area contributed by atoms with Crippen LogP contribution in [0.3, 0.4) is 0 Å². The van der Waals surface area contributed by atoms with Crippen LogP contribution in [-0.4, -0.2) is 94.4 Å². The van der Waals surface area contributed by atoms with Crippen LogP contribution in [0.4, 0.5) is 61.4 Å². The van der Waals surface area contributed by atoms with Gasteiger partial charge in [-0.2, -0.15) is 25.1 Å². The van der Waals surface area contributed by atoms with Crippen LogP contribution in [0.5, 0.6) is 0 Å². The first-order chi connectivity index (χ1) is 39.1. The predicted molar refractivity (Wildman–Crippen MR) is 313 cm³/mol. The van der Waals surface area contributed by atoms with E-state index in [1.54, 1.807) is 73.1 Å². The maximum Gasteiger partial charge on any atom is 0.323 e. The Kier molecular flexibility index (Phi) is 15.9. The molecule has 0 fully saturated rings. The van der Waals surface area contributed by atoms with Gasteiger partial charge >= 0.3 is 12.1 Å². The molecular weight excluding hydrogens is 1100 g/mol. The Balaban J connectivity index is 0.000000157. The van der Waals surface area contributed by atoms with Crippen molar-refractivity contribution in [3.8, 4) is 0 Å². The van der Waals surface area contributed by atoms with Gasteiger partial charge in [-0.25, -0.2) is 31.4 Å². The minimum absolute atomic E-state index is 0.0751. The molecule has 2 aliphatic rings. The van der Waals surface area contributed by atoms with Crippen LogP contribution in [0.15, 0.2) is 180 Å². The summed E-state index contributed by atoms with van der Waals surface area (Å²) in [6.45, 7) is 0.376. The standard InChI is InChI=1S/C27H25N9O3S.C22H22N4O3S.C5H4ClN5/c28-26-33-24(22-15-29-35-25(22)34-26)30-20-14-17-6-4-5-9-23(17)36(16-20)40(38,39)21-12-10-19(11-13-21)32-27(37)31-18-7-2-1-3-8-18;23-17-14-16-6-4-5-9-21(16)26(15-17)30(28,29)20-12-10-19(11-13-20)25-22(27)24-18-7-2-1-3-8-18;6-3-2-1-8-11-4(2)10-5(7)9-3/h1-13,15,20H,14,16H2,(H2,31,32,37)(H4,28,29,30,33,34,35);1-13,17H,14-15,23H2,(H2,24,25,27);1H,(H3,7,8,9,10,11). The number of nitrogen functional groups attached to an aromatic ring is 2. The van der Waals surface area contributed by atoms with Gasteiger partial charge in [0.2, 0.25) is 11.9 Å². The molecule has 4 aromatic heterocycles. The molecule has 81 heavy (non-hydrogen) atoms. The van der Waals surface area contributed by atoms with Gasteiger partial charge in [0.15, 0.2) is 11.3 Å². The van der Waals surface area contributed by atoms with Gasteiger partial charge in [-0.05, 0) is 109 Å². The Morgan fingerprint density at radius 3 is 1.46 bits per heavy atom. The normalized spacial score (nSPS) is 14.7. The molecule has 6 aromatic carbocycles. The summed E-state index contributed by atoms with van der Waals surface area (Å²) in [4.78, 5) is 40.8. The number of hydrogen-bond acceptors (Lipinski definition) is 16. The van der Waals surface area contributed by atoms with Crippen LogP contribution in [0.2, 0.25) is 5.15 Å². The van der Waals surface area contributed by atoms with E-state index >= 15 is 0 Å². The number of amides is 4. The van der Waals surface area contributed by atoms with Crippen molar-refractivity contribution in [2.45, 2.75) is 34.7 Å². The number of carbonyl (C=O) groups excluding carboxylic acids is 2. The average molecular weight is 1150 g/mol. The molecule has 4 amide bonds. The largest absolute Gasteiger partial charge is 0.368 e. The molecule has 412 valence electrons. The number of carbonyl (C=O) groups is 2. The molecule has 2 unspecified atom stereocenters. The molecule has 0 saturated carbocycles. The van der Waals surface area contributed by atoms with E-state index < -0.39 is 32.1 Å². The lowest BCUT2D eigenvalue weighted by Crippen LogP contribution is -2.46. The van der Waals surface area contributed by atoms with Crippen LogP contribution >= 0.6 is 11.6 Å². The molecule has 13 N–H and O–H groups in total. The number of halogens is 1. The van der Waals surface area contributed by atoms with Gasteiger partial charge in [0.1, 0.15) is 11.0 Å². The van der Waals surface area contributed by atoms with Gasteiger partial charge in [-0.3, -0.25) is 18.8 Å². The van der Waals surface area contributed by atoms with Crippen molar-refractivity contribution in [1.82, 2.24) is 40.3 Å². The highest BCUT2D eigenvalue weighted by Gasteiger charge is 2.35. The number of nitrogens with zero attached hydrogens (tertiary/aromatic N) is 8. The molecule has 10 aromatic rings. The number of aromatic amines is 2. The van der Waals surface area contributed by atoms with Gasteiger partial charge in [-0.15, -0.1) is 0 Å². The number of sulfonamides is 2. The van der Waals surface area contributed by atoms with Crippen molar-refractivity contribution >= 4 is 118 Å². The summed E-state index contributed by atoms with van der Waals surface area (Å²) in [5, 5.41) is 29.0. The van der Waals surface area contributed by atoms with Gasteiger partial charge in [0.05, 0.1) is 56.9 Å². The van der Waals surface area contributed by atoms with Gasteiger partial charge in [0.25, 0.3) is 20.0 Å². The van der Waals surface area contributed by atoms with E-state index in [-0.39, 0.29) is 46.9 Å². The number of anilines is 9. The summed E-state index contributed by atoms with van der Waals surface area (Å²) in [6, 6.07) is 43.6. The van der Waals surface area contributed by atoms with Crippen molar-refractivity contribution in [3.05, 3.63) is 186 Å². The van der Waals surface area contributed by atoms with E-state index in [0.29, 0.717) is 80.0 Å². The third kappa shape index (κ3) is 12.7. The van der Waals surface area contributed by atoms with Crippen LogP contribution in [0, 0.1) is 0 Å². The van der Waals surface area contributed by atoms with E-state index in [0.717, 1.165) is 11.1 Å². The Bertz CT molecular complexity index is 4110. The summed E-state index contributed by atoms with van der Waals surface area (Å²) in [6.07, 6.45) is 4.36. The minimum Gasteiger partial charge on any atom is -0.368 e. The van der Waals surface area contributed by atoms with Crippen molar-refractivity contribution < 1.29 is 26.4 Å². The molecule has 6 heterocycles. The first-order valence-corrected chi connectivity index (χ1v) is 28.1. The molecule has 24 nitrogen and oxygen atoms in total. The first kappa shape index (κ1) is 54.5. The van der Waals surface area contributed by atoms with Crippen LogP contribution in [-0.2, 0) is 32.9 Å². The highest BCUT2D eigenvalue weighted by molar-refractivity contribution is 7.93. The molecule has 0 bridgehead atoms. The molecular formula is C54H51ClN18O6S2. The SMILES string of the molecule is NC1Cc2ccccc2N(S(=O)(=O)c2ccc(NC(=O)Nc3ccccc3)cc2)C1.Nc1nc(Cl)c2cn[nH]c2n1.Nc1nc(NC2Cc3ccccc3N(S(=O)(=O)c3ccc(NC(=O)Nc4ccccc4)cc3)C2)c2cn[nH]c2n1. The molecule has 0 saturated heterocycles. The molecule has 2 aliphatic heterocycles. The molecule has 27 heteroatoms. The summed E-state index contributed by atoms with van der Waals surface area (Å²) in [5.74, 6) is 0.694. The number of hydrogen-bond donors (Lipinski definition) is 10. The summed E-state index contributed by atoms with van der Waals surface area (Å²) in [5.41, 5.74) is 23.6. The topological polar surface area (TPSA) is 356 Å². The maximum absolute atomic E-state index is 13.9. The van der Waals surface area contributed by atoms with Crippen LogP contribution in [0.1, 0.15) is 11.1 Å². The quantitative estimate of drug-likeness (QED) is 0.0584. The molecule has 12 rings (SSSR count). The minimum atomic E-state index is -3.95. The Hall–Kier alpha value is -9.89. The number of aromatic nitrogens is 8. The molecule has 0 radical (unpaired) electrons. The maximum atomic E-state index is 13.9. The van der Waals surface area contributed by atoms with Gasteiger partial charge in [0, 0.05) is 35.3 Å². The number of nitrogens with two attached hydrogens (primary N) is 3. The number of H-pyrrole nitrogens is 2. The van der Waals surface area contributed by atoms with E-state index in [2.05, 4.69) is 66.9 Å². The molecule has 2 atom stereocenters. The number of fused-ring (bicyclic) bond motifs is 4. The van der Waals surface area contributed by atoms with Crippen LogP contribution in [0.25, 0.3) is 22.1 Å². The zero-order chi connectivity index (χ0) is 56.7. The number of para-hydroxylation sites is 4. The lowest BCUT2D eigenvalue weighted by Gasteiger charge is -2.35. The van der Waals surface area contributed by atoms with E-state index in [1.165, 1.54) is 32.9 Å². The van der Waals surface area contributed by atoms with Crippen molar-refractivity contribution in [3.63, 3.8) is 0 Å².